The van der Waals surface area contributed by atoms with E-state index in [4.69, 9.17) is 4.74 Å². The van der Waals surface area contributed by atoms with Gasteiger partial charge in [-0.3, -0.25) is 0 Å². The molecule has 0 radical (unpaired) electrons. The van der Waals surface area contributed by atoms with Crippen molar-refractivity contribution in [2.24, 2.45) is 0 Å². The third kappa shape index (κ3) is 3.50. The Balaban J connectivity index is 1.50. The van der Waals surface area contributed by atoms with Crippen molar-refractivity contribution in [3.05, 3.63) is 66.7 Å². The molecule has 3 aromatic carbocycles. The van der Waals surface area contributed by atoms with Crippen LogP contribution in [0.25, 0.3) is 10.8 Å². The van der Waals surface area contributed by atoms with Crippen LogP contribution < -0.4 is 9.64 Å². The zero-order chi connectivity index (χ0) is 18.9. The van der Waals surface area contributed by atoms with E-state index in [1.807, 2.05) is 54.6 Å². The summed E-state index contributed by atoms with van der Waals surface area (Å²) in [6.45, 7) is 2.28. The first kappa shape index (κ1) is 17.8. The number of anilines is 1. The molecule has 0 unspecified atom stereocenters. The minimum Gasteiger partial charge on any atom is -0.497 e. The maximum Gasteiger partial charge on any atom is 0.243 e. The lowest BCUT2D eigenvalue weighted by atomic mass is 10.1. The fraction of sp³-hybridized carbons (Fsp3) is 0.238. The van der Waals surface area contributed by atoms with Crippen molar-refractivity contribution in [2.45, 2.75) is 4.90 Å². The van der Waals surface area contributed by atoms with Crippen LogP contribution in [0, 0.1) is 0 Å². The summed E-state index contributed by atoms with van der Waals surface area (Å²) >= 11 is 0. The Morgan fingerprint density at radius 2 is 1.48 bits per heavy atom. The molecule has 4 rings (SSSR count). The molecule has 0 aromatic heterocycles. The topological polar surface area (TPSA) is 49.9 Å². The summed E-state index contributed by atoms with van der Waals surface area (Å²) in [4.78, 5) is 2.56. The number of hydrogen-bond donors (Lipinski definition) is 0. The number of ether oxygens (including phenoxy) is 1. The number of sulfonamides is 1. The molecule has 6 heteroatoms. The molecule has 27 heavy (non-hydrogen) atoms. The maximum atomic E-state index is 13.0. The molecule has 1 fully saturated rings. The van der Waals surface area contributed by atoms with Gasteiger partial charge in [0.25, 0.3) is 0 Å². The smallest absolute Gasteiger partial charge is 0.243 e. The molecular weight excluding hydrogens is 360 g/mol. The van der Waals surface area contributed by atoms with E-state index in [-0.39, 0.29) is 0 Å². The lowest BCUT2D eigenvalue weighted by Gasteiger charge is -2.35. The van der Waals surface area contributed by atoms with Crippen molar-refractivity contribution < 1.29 is 13.2 Å². The van der Waals surface area contributed by atoms with Crippen LogP contribution >= 0.6 is 0 Å². The number of fused-ring (bicyclic) bond motifs is 1. The van der Waals surface area contributed by atoms with Crippen molar-refractivity contribution >= 4 is 26.5 Å². The van der Waals surface area contributed by atoms with Gasteiger partial charge in [-0.05, 0) is 47.2 Å². The van der Waals surface area contributed by atoms with Crippen molar-refractivity contribution in [1.82, 2.24) is 4.31 Å². The molecule has 1 heterocycles. The molecule has 0 N–H and O–H groups in total. The van der Waals surface area contributed by atoms with Crippen molar-refractivity contribution in [2.75, 3.05) is 38.2 Å². The second-order valence-corrected chi connectivity index (χ2v) is 8.54. The molecule has 0 saturated carbocycles. The molecule has 1 aliphatic rings. The quantitative estimate of drug-likeness (QED) is 0.694. The summed E-state index contributed by atoms with van der Waals surface area (Å²) in [5.41, 5.74) is 1.08. The minimum absolute atomic E-state index is 0.360. The first-order valence-electron chi connectivity index (χ1n) is 8.96. The van der Waals surface area contributed by atoms with Gasteiger partial charge in [-0.1, -0.05) is 30.3 Å². The normalized spacial score (nSPS) is 15.8. The Morgan fingerprint density at radius 1 is 0.815 bits per heavy atom. The second kappa shape index (κ2) is 7.21. The van der Waals surface area contributed by atoms with E-state index in [2.05, 4.69) is 4.90 Å². The summed E-state index contributed by atoms with van der Waals surface area (Å²) in [6, 6.07) is 21.0. The number of piperazine rings is 1. The van der Waals surface area contributed by atoms with Crippen LogP contribution in [0.1, 0.15) is 0 Å². The lowest BCUT2D eigenvalue weighted by Crippen LogP contribution is -2.48. The van der Waals surface area contributed by atoms with Gasteiger partial charge in [0, 0.05) is 31.9 Å². The summed E-state index contributed by atoms with van der Waals surface area (Å²) in [5.74, 6) is 0.816. The van der Waals surface area contributed by atoms with Crippen LogP contribution in [-0.2, 0) is 10.0 Å². The minimum atomic E-state index is -3.48. The third-order valence-corrected chi connectivity index (χ3v) is 6.93. The summed E-state index contributed by atoms with van der Waals surface area (Å²) in [7, 11) is -1.84. The Labute approximate surface area is 159 Å². The average molecular weight is 382 g/mol. The van der Waals surface area contributed by atoms with Gasteiger partial charge in [0.2, 0.25) is 10.0 Å². The molecule has 0 atom stereocenters. The standard InChI is InChI=1S/C21H22N2O3S/c1-26-20-9-7-19(8-10-20)22-12-14-23(15-13-22)27(24,25)21-11-6-17-4-2-3-5-18(17)16-21/h2-11,16H,12-15H2,1H3. The van der Waals surface area contributed by atoms with Crippen molar-refractivity contribution in [1.29, 1.82) is 0 Å². The Kier molecular flexibility index (Phi) is 4.76. The second-order valence-electron chi connectivity index (χ2n) is 6.60. The van der Waals surface area contributed by atoms with Crippen molar-refractivity contribution in [3.8, 4) is 5.75 Å². The average Bonchev–Trinajstić information content (AvgIpc) is 2.73. The number of nitrogens with zero attached hydrogens (tertiary/aromatic N) is 2. The summed E-state index contributed by atoms with van der Waals surface area (Å²) < 4.78 is 32.9. The zero-order valence-electron chi connectivity index (χ0n) is 15.2. The van der Waals surface area contributed by atoms with E-state index in [9.17, 15) is 8.42 Å². The fourth-order valence-electron chi connectivity index (χ4n) is 3.46. The first-order chi connectivity index (χ1) is 13.1. The zero-order valence-corrected chi connectivity index (χ0v) is 16.0. The van der Waals surface area contributed by atoms with Gasteiger partial charge >= 0.3 is 0 Å². The van der Waals surface area contributed by atoms with E-state index in [0.29, 0.717) is 31.1 Å². The highest BCUT2D eigenvalue weighted by atomic mass is 32.2. The molecule has 0 spiro atoms. The highest BCUT2D eigenvalue weighted by Gasteiger charge is 2.28. The maximum absolute atomic E-state index is 13.0. The lowest BCUT2D eigenvalue weighted by molar-refractivity contribution is 0.384. The van der Waals surface area contributed by atoms with E-state index < -0.39 is 10.0 Å². The van der Waals surface area contributed by atoms with Crippen LogP contribution in [0.4, 0.5) is 5.69 Å². The van der Waals surface area contributed by atoms with Crippen LogP contribution in [0.15, 0.2) is 71.6 Å². The van der Waals surface area contributed by atoms with Gasteiger partial charge in [-0.15, -0.1) is 0 Å². The number of methoxy groups -OCH3 is 1. The van der Waals surface area contributed by atoms with E-state index in [1.165, 1.54) is 0 Å². The molecule has 3 aromatic rings. The first-order valence-corrected chi connectivity index (χ1v) is 10.4. The molecule has 0 bridgehead atoms. The van der Waals surface area contributed by atoms with Gasteiger partial charge in [0.1, 0.15) is 5.75 Å². The molecular formula is C21H22N2O3S. The van der Waals surface area contributed by atoms with Gasteiger partial charge in [0.05, 0.1) is 12.0 Å². The van der Waals surface area contributed by atoms with Crippen LogP contribution in [0.2, 0.25) is 0 Å². The highest BCUT2D eigenvalue weighted by Crippen LogP contribution is 2.25. The number of benzene rings is 3. The van der Waals surface area contributed by atoms with Gasteiger partial charge in [-0.2, -0.15) is 4.31 Å². The molecule has 5 nitrogen and oxygen atoms in total. The van der Waals surface area contributed by atoms with E-state index in [1.54, 1.807) is 23.5 Å². The molecule has 140 valence electrons. The van der Waals surface area contributed by atoms with Gasteiger partial charge < -0.3 is 9.64 Å². The third-order valence-electron chi connectivity index (χ3n) is 5.03. The molecule has 1 aliphatic heterocycles. The Bertz CT molecular complexity index is 1040. The Morgan fingerprint density at radius 3 is 2.15 bits per heavy atom. The van der Waals surface area contributed by atoms with Gasteiger partial charge in [0.15, 0.2) is 0 Å². The van der Waals surface area contributed by atoms with Crippen molar-refractivity contribution in [3.63, 3.8) is 0 Å². The van der Waals surface area contributed by atoms with E-state index in [0.717, 1.165) is 22.2 Å². The monoisotopic (exact) mass is 382 g/mol. The van der Waals surface area contributed by atoms with Crippen LogP contribution in [0.5, 0.6) is 5.75 Å². The molecule has 1 saturated heterocycles. The predicted molar refractivity (Wildman–Crippen MR) is 108 cm³/mol. The fourth-order valence-corrected chi connectivity index (χ4v) is 4.91. The Hall–Kier alpha value is -2.57. The predicted octanol–water partition coefficient (Wildman–Crippen LogP) is 3.36. The van der Waals surface area contributed by atoms with Crippen LogP contribution in [-0.4, -0.2) is 46.0 Å². The van der Waals surface area contributed by atoms with Gasteiger partial charge in [-0.25, -0.2) is 8.42 Å². The number of rotatable bonds is 4. The largest absolute Gasteiger partial charge is 0.497 e. The summed E-state index contributed by atoms with van der Waals surface area (Å²) in [5, 5.41) is 1.98. The summed E-state index contributed by atoms with van der Waals surface area (Å²) in [6.07, 6.45) is 0. The number of hydrogen-bond acceptors (Lipinski definition) is 4. The SMILES string of the molecule is COc1ccc(N2CCN(S(=O)(=O)c3ccc4ccccc4c3)CC2)cc1. The van der Waals surface area contributed by atoms with Crippen LogP contribution in [0.3, 0.4) is 0 Å². The molecule has 0 aliphatic carbocycles. The van der Waals surface area contributed by atoms with E-state index >= 15 is 0 Å². The molecule has 0 amide bonds. The highest BCUT2D eigenvalue weighted by molar-refractivity contribution is 7.89.